The molecule has 1 atom stereocenters. The van der Waals surface area contributed by atoms with E-state index in [9.17, 15) is 9.59 Å². The summed E-state index contributed by atoms with van der Waals surface area (Å²) in [6.07, 6.45) is 0. The molecule has 1 heterocycles. The molecular formula is C16H18N2O5. The number of aromatic nitrogens is 1. The van der Waals surface area contributed by atoms with E-state index in [1.807, 2.05) is 30.3 Å². The van der Waals surface area contributed by atoms with E-state index in [1.165, 1.54) is 14.0 Å². The fraction of sp³-hybridized carbons (Fsp3) is 0.312. The van der Waals surface area contributed by atoms with E-state index in [2.05, 4.69) is 9.72 Å². The number of hydrogen-bond donors (Lipinski definition) is 1. The van der Waals surface area contributed by atoms with Crippen molar-refractivity contribution in [2.45, 2.75) is 26.0 Å². The van der Waals surface area contributed by atoms with Gasteiger partial charge in [0.05, 0.1) is 7.11 Å². The Bertz CT molecular complexity index is 707. The number of oxazole rings is 1. The lowest BCUT2D eigenvalue weighted by atomic mass is 10.1. The van der Waals surface area contributed by atoms with Crippen molar-refractivity contribution in [3.8, 4) is 0 Å². The maximum atomic E-state index is 12.1. The Morgan fingerprint density at radius 1 is 1.30 bits per heavy atom. The van der Waals surface area contributed by atoms with E-state index in [1.54, 1.807) is 6.92 Å². The summed E-state index contributed by atoms with van der Waals surface area (Å²) in [6.45, 7) is 3.05. The third kappa shape index (κ3) is 3.57. The first-order valence-corrected chi connectivity index (χ1v) is 6.92. The number of benzene rings is 1. The zero-order valence-corrected chi connectivity index (χ0v) is 13.2. The second-order valence-electron chi connectivity index (χ2n) is 5.18. The minimum absolute atomic E-state index is 0.0171. The summed E-state index contributed by atoms with van der Waals surface area (Å²) in [5.74, 6) is -1.25. The predicted octanol–water partition coefficient (Wildman–Crippen LogP) is 1.69. The monoisotopic (exact) mass is 318 g/mol. The van der Waals surface area contributed by atoms with Crippen LogP contribution in [0.15, 0.2) is 34.7 Å². The van der Waals surface area contributed by atoms with E-state index in [0.29, 0.717) is 0 Å². The fourth-order valence-electron chi connectivity index (χ4n) is 1.90. The molecule has 0 radical (unpaired) electrons. The molecule has 23 heavy (non-hydrogen) atoms. The van der Waals surface area contributed by atoms with Crippen LogP contribution < -0.4 is 5.73 Å². The molecule has 2 aromatic rings. The summed E-state index contributed by atoms with van der Waals surface area (Å²) < 4.78 is 15.1. The Morgan fingerprint density at radius 3 is 2.57 bits per heavy atom. The highest BCUT2D eigenvalue weighted by Gasteiger charge is 2.38. The zero-order chi connectivity index (χ0) is 17.0. The van der Waals surface area contributed by atoms with Crippen molar-refractivity contribution in [2.24, 2.45) is 5.73 Å². The molecule has 0 aliphatic rings. The minimum atomic E-state index is -1.59. The molecule has 7 nitrogen and oxygen atoms in total. The number of esters is 2. The molecule has 0 saturated carbocycles. The molecule has 0 bridgehead atoms. The van der Waals surface area contributed by atoms with Crippen LogP contribution in [0.2, 0.25) is 0 Å². The second kappa shape index (κ2) is 6.62. The molecule has 1 aromatic carbocycles. The van der Waals surface area contributed by atoms with Crippen molar-refractivity contribution in [2.75, 3.05) is 7.11 Å². The number of nitrogens with two attached hydrogens (primary N) is 1. The van der Waals surface area contributed by atoms with E-state index in [-0.39, 0.29) is 24.0 Å². The lowest BCUT2D eigenvalue weighted by Crippen LogP contribution is -2.43. The molecule has 0 saturated heterocycles. The van der Waals surface area contributed by atoms with Crippen LogP contribution >= 0.6 is 0 Å². The van der Waals surface area contributed by atoms with Gasteiger partial charge in [0.2, 0.25) is 5.89 Å². The van der Waals surface area contributed by atoms with Gasteiger partial charge in [-0.2, -0.15) is 0 Å². The zero-order valence-electron chi connectivity index (χ0n) is 13.2. The van der Waals surface area contributed by atoms with Crippen LogP contribution in [0.5, 0.6) is 0 Å². The van der Waals surface area contributed by atoms with Gasteiger partial charge in [-0.25, -0.2) is 14.6 Å². The number of carbonyl (C=O) groups is 2. The van der Waals surface area contributed by atoms with Crippen molar-refractivity contribution in [1.29, 1.82) is 0 Å². The van der Waals surface area contributed by atoms with Gasteiger partial charge in [0.1, 0.15) is 12.4 Å². The first-order chi connectivity index (χ1) is 10.9. The van der Waals surface area contributed by atoms with Gasteiger partial charge in [-0.3, -0.25) is 0 Å². The van der Waals surface area contributed by atoms with E-state index >= 15 is 0 Å². The maximum Gasteiger partial charge on any atom is 0.360 e. The molecule has 0 fully saturated rings. The van der Waals surface area contributed by atoms with Crippen LogP contribution in [0.4, 0.5) is 0 Å². The Hall–Kier alpha value is -2.67. The Labute approximate surface area is 133 Å². The largest absolute Gasteiger partial charge is 0.467 e. The Balaban J connectivity index is 2.14. The van der Waals surface area contributed by atoms with Gasteiger partial charge in [-0.05, 0) is 19.4 Å². The number of rotatable bonds is 5. The third-order valence-corrected chi connectivity index (χ3v) is 3.26. The predicted molar refractivity (Wildman–Crippen MR) is 80.4 cm³/mol. The van der Waals surface area contributed by atoms with Gasteiger partial charge in [-0.1, -0.05) is 30.3 Å². The summed E-state index contributed by atoms with van der Waals surface area (Å²) in [6, 6.07) is 9.23. The van der Waals surface area contributed by atoms with Crippen LogP contribution in [0.1, 0.15) is 34.6 Å². The standard InChI is InChI=1S/C16H18N2O5/c1-10-12(13(19)22-9-11-7-5-4-6-8-11)18-14(23-10)16(2,17)15(20)21-3/h4-8H,9,17H2,1-3H3/t16-/m1/s1. The topological polar surface area (TPSA) is 105 Å². The Morgan fingerprint density at radius 2 is 1.96 bits per heavy atom. The van der Waals surface area contributed by atoms with Crippen molar-refractivity contribution < 1.29 is 23.5 Å². The highest BCUT2D eigenvalue weighted by atomic mass is 16.5. The summed E-state index contributed by atoms with van der Waals surface area (Å²) in [4.78, 5) is 27.8. The average Bonchev–Trinajstić information content (AvgIpc) is 2.95. The molecule has 2 rings (SSSR count). The number of ether oxygens (including phenoxy) is 2. The lowest BCUT2D eigenvalue weighted by Gasteiger charge is -2.16. The molecule has 0 spiro atoms. The number of methoxy groups -OCH3 is 1. The van der Waals surface area contributed by atoms with Crippen molar-refractivity contribution in [3.05, 3.63) is 53.2 Å². The lowest BCUT2D eigenvalue weighted by molar-refractivity contribution is -0.147. The van der Waals surface area contributed by atoms with Crippen molar-refractivity contribution in [3.63, 3.8) is 0 Å². The van der Waals surface area contributed by atoms with Crippen LogP contribution in [0.25, 0.3) is 0 Å². The molecule has 0 aliphatic heterocycles. The van der Waals surface area contributed by atoms with Gasteiger partial charge in [-0.15, -0.1) is 0 Å². The number of hydrogen-bond acceptors (Lipinski definition) is 7. The smallest absolute Gasteiger partial charge is 0.360 e. The summed E-state index contributed by atoms with van der Waals surface area (Å²) in [7, 11) is 1.21. The average molecular weight is 318 g/mol. The summed E-state index contributed by atoms with van der Waals surface area (Å²) >= 11 is 0. The molecule has 122 valence electrons. The van der Waals surface area contributed by atoms with Crippen molar-refractivity contribution >= 4 is 11.9 Å². The first kappa shape index (κ1) is 16.7. The highest BCUT2D eigenvalue weighted by molar-refractivity contribution is 5.88. The van der Waals surface area contributed by atoms with Gasteiger partial charge >= 0.3 is 11.9 Å². The number of nitrogens with zero attached hydrogens (tertiary/aromatic N) is 1. The summed E-state index contributed by atoms with van der Waals surface area (Å²) in [5, 5.41) is 0. The molecule has 1 aromatic heterocycles. The Kier molecular flexibility index (Phi) is 4.80. The molecule has 0 aliphatic carbocycles. The van der Waals surface area contributed by atoms with E-state index < -0.39 is 17.5 Å². The molecule has 7 heteroatoms. The molecular weight excluding hydrogens is 300 g/mol. The molecule has 2 N–H and O–H groups in total. The highest BCUT2D eigenvalue weighted by Crippen LogP contribution is 2.22. The molecule has 0 unspecified atom stereocenters. The van der Waals surface area contributed by atoms with E-state index in [0.717, 1.165) is 5.56 Å². The van der Waals surface area contributed by atoms with Crippen LogP contribution in [-0.2, 0) is 26.4 Å². The van der Waals surface area contributed by atoms with Gasteiger partial charge in [0, 0.05) is 0 Å². The maximum absolute atomic E-state index is 12.1. The van der Waals surface area contributed by atoms with Crippen molar-refractivity contribution in [1.82, 2.24) is 4.98 Å². The van der Waals surface area contributed by atoms with Crippen LogP contribution in [0.3, 0.4) is 0 Å². The quantitative estimate of drug-likeness (QED) is 0.836. The SMILES string of the molecule is COC(=O)[C@](C)(N)c1nc(C(=O)OCc2ccccc2)c(C)o1. The second-order valence-corrected chi connectivity index (χ2v) is 5.18. The van der Waals surface area contributed by atoms with Gasteiger partial charge in [0.25, 0.3) is 0 Å². The number of aryl methyl sites for hydroxylation is 1. The third-order valence-electron chi connectivity index (χ3n) is 3.26. The van der Waals surface area contributed by atoms with Crippen LogP contribution in [0, 0.1) is 6.92 Å². The fourth-order valence-corrected chi connectivity index (χ4v) is 1.90. The first-order valence-electron chi connectivity index (χ1n) is 6.92. The van der Waals surface area contributed by atoms with E-state index in [4.69, 9.17) is 14.9 Å². The minimum Gasteiger partial charge on any atom is -0.467 e. The normalized spacial score (nSPS) is 13.2. The van der Waals surface area contributed by atoms with Gasteiger partial charge < -0.3 is 19.6 Å². The summed E-state index contributed by atoms with van der Waals surface area (Å²) in [5.41, 5.74) is 5.10. The molecule has 0 amide bonds. The van der Waals surface area contributed by atoms with Gasteiger partial charge in [0.15, 0.2) is 11.2 Å². The number of carbonyl (C=O) groups excluding carboxylic acids is 2. The van der Waals surface area contributed by atoms with Crippen LogP contribution in [-0.4, -0.2) is 24.0 Å².